The molecule has 3 aromatic rings. The second-order valence-corrected chi connectivity index (χ2v) is 10.2. The lowest BCUT2D eigenvalue weighted by Crippen LogP contribution is -2.31. The summed E-state index contributed by atoms with van der Waals surface area (Å²) in [5, 5.41) is 0. The first-order valence-corrected chi connectivity index (χ1v) is 12.4. The Kier molecular flexibility index (Phi) is 5.62. The predicted octanol–water partition coefficient (Wildman–Crippen LogP) is 4.87. The first-order chi connectivity index (χ1) is 15.9. The molecule has 2 aliphatic heterocycles. The Bertz CT molecular complexity index is 1290. The zero-order chi connectivity index (χ0) is 23.1. The van der Waals surface area contributed by atoms with Gasteiger partial charge in [0.1, 0.15) is 0 Å². The van der Waals surface area contributed by atoms with Gasteiger partial charge < -0.3 is 9.80 Å². The van der Waals surface area contributed by atoms with E-state index in [1.54, 1.807) is 47.4 Å². The second kappa shape index (κ2) is 8.60. The number of hydrogen-bond acceptors (Lipinski definition) is 3. The summed E-state index contributed by atoms with van der Waals surface area (Å²) in [6.07, 6.45) is 2.01. The summed E-state index contributed by atoms with van der Waals surface area (Å²) in [7, 11) is -1.53. The Hall–Kier alpha value is -3.25. The maximum atomic E-state index is 13.8. The largest absolute Gasteiger partial charge is 0.339 e. The van der Waals surface area contributed by atoms with Crippen molar-refractivity contribution in [1.29, 1.82) is 0 Å². The lowest BCUT2D eigenvalue weighted by Gasteiger charge is -2.25. The third-order valence-corrected chi connectivity index (χ3v) is 7.99. The molecule has 0 radical (unpaired) electrons. The van der Waals surface area contributed by atoms with Crippen molar-refractivity contribution in [3.63, 3.8) is 0 Å². The van der Waals surface area contributed by atoms with Gasteiger partial charge in [-0.1, -0.05) is 35.9 Å². The van der Waals surface area contributed by atoms with Crippen LogP contribution in [-0.4, -0.2) is 34.0 Å². The normalized spacial score (nSPS) is 17.5. The Morgan fingerprint density at radius 2 is 1.70 bits per heavy atom. The van der Waals surface area contributed by atoms with Crippen LogP contribution < -0.4 is 4.90 Å². The van der Waals surface area contributed by atoms with Crippen LogP contribution in [0.1, 0.15) is 50.2 Å². The van der Waals surface area contributed by atoms with Gasteiger partial charge in [-0.15, -0.1) is 0 Å². The van der Waals surface area contributed by atoms with Crippen molar-refractivity contribution >= 4 is 28.3 Å². The fraction of sp³-hybridized carbons (Fsp3) is 0.259. The molecule has 2 amide bonds. The predicted molar refractivity (Wildman–Crippen MR) is 129 cm³/mol. The van der Waals surface area contributed by atoms with Crippen LogP contribution in [0.15, 0.2) is 70.5 Å². The van der Waals surface area contributed by atoms with Gasteiger partial charge in [-0.3, -0.25) is 9.59 Å². The number of rotatable bonds is 3. The molecule has 1 atom stereocenters. The van der Waals surface area contributed by atoms with Crippen molar-refractivity contribution in [2.75, 3.05) is 18.0 Å². The van der Waals surface area contributed by atoms with E-state index in [1.807, 2.05) is 30.9 Å². The lowest BCUT2D eigenvalue weighted by atomic mass is 10.0. The zero-order valence-electron chi connectivity index (χ0n) is 18.8. The number of likely N-dealkylation sites (tertiary alicyclic amines) is 1. The van der Waals surface area contributed by atoms with Crippen LogP contribution >= 0.6 is 0 Å². The third kappa shape index (κ3) is 3.89. The Balaban J connectivity index is 1.66. The van der Waals surface area contributed by atoms with Crippen LogP contribution in [0.2, 0.25) is 0 Å². The molecule has 2 heterocycles. The first kappa shape index (κ1) is 21.6. The Morgan fingerprint density at radius 1 is 0.939 bits per heavy atom. The van der Waals surface area contributed by atoms with E-state index in [9.17, 15) is 13.8 Å². The van der Waals surface area contributed by atoms with Crippen molar-refractivity contribution in [3.05, 3.63) is 88.5 Å². The van der Waals surface area contributed by atoms with Gasteiger partial charge >= 0.3 is 0 Å². The van der Waals surface area contributed by atoms with E-state index in [1.165, 1.54) is 0 Å². The van der Waals surface area contributed by atoms with E-state index in [0.717, 1.165) is 42.6 Å². The molecule has 5 nitrogen and oxygen atoms in total. The summed E-state index contributed by atoms with van der Waals surface area (Å²) in [4.78, 5) is 31.5. The molecule has 0 bridgehead atoms. The van der Waals surface area contributed by atoms with E-state index >= 15 is 0 Å². The van der Waals surface area contributed by atoms with Gasteiger partial charge in [0.15, 0.2) is 0 Å². The van der Waals surface area contributed by atoms with Crippen LogP contribution in [0.3, 0.4) is 0 Å². The molecule has 0 aliphatic carbocycles. The van der Waals surface area contributed by atoms with Crippen LogP contribution in [-0.2, 0) is 17.3 Å². The molecule has 0 spiro atoms. The topological polar surface area (TPSA) is 57.7 Å². The van der Waals surface area contributed by atoms with E-state index in [2.05, 4.69) is 6.07 Å². The standard InChI is InChI=1S/C27H26N2O3S/c1-18-9-10-19(2)21(15-18)17-29-23-16-20(26(30)28-13-5-6-14-28)11-12-25(23)33(32)24-8-4-3-7-22(24)27(29)31/h3-4,7-12,15-16H,5-6,13-14,17H2,1-2H3/t33-/m1/s1. The molecule has 5 rings (SSSR count). The van der Waals surface area contributed by atoms with Crippen LogP contribution in [0, 0.1) is 13.8 Å². The minimum Gasteiger partial charge on any atom is -0.339 e. The van der Waals surface area contributed by atoms with E-state index in [4.69, 9.17) is 0 Å². The van der Waals surface area contributed by atoms with Crippen molar-refractivity contribution in [2.24, 2.45) is 0 Å². The Morgan fingerprint density at radius 3 is 2.48 bits per heavy atom. The highest BCUT2D eigenvalue weighted by Crippen LogP contribution is 2.36. The van der Waals surface area contributed by atoms with Gasteiger partial charge in [0.25, 0.3) is 11.8 Å². The van der Waals surface area contributed by atoms with Crippen molar-refractivity contribution < 1.29 is 13.8 Å². The molecule has 33 heavy (non-hydrogen) atoms. The average Bonchev–Trinajstić information content (AvgIpc) is 3.35. The molecule has 1 fully saturated rings. The van der Waals surface area contributed by atoms with Gasteiger partial charge in [0.2, 0.25) is 0 Å². The number of amides is 2. The molecular weight excluding hydrogens is 432 g/mol. The SMILES string of the molecule is Cc1ccc(C)c(CN2C(=O)c3ccccc3[S@@](=O)c3ccc(C(=O)N4CCCC4)cc32)c1. The van der Waals surface area contributed by atoms with E-state index < -0.39 is 10.8 Å². The van der Waals surface area contributed by atoms with Crippen LogP contribution in [0.25, 0.3) is 0 Å². The fourth-order valence-corrected chi connectivity index (χ4v) is 5.94. The summed E-state index contributed by atoms with van der Waals surface area (Å²) in [5.74, 6) is -0.244. The van der Waals surface area contributed by atoms with Crippen molar-refractivity contribution in [2.45, 2.75) is 43.0 Å². The summed E-state index contributed by atoms with van der Waals surface area (Å²) in [5.41, 5.74) is 4.72. The van der Waals surface area contributed by atoms with Gasteiger partial charge in [0.05, 0.1) is 38.4 Å². The zero-order valence-corrected chi connectivity index (χ0v) is 19.7. The number of anilines is 1. The molecule has 0 N–H and O–H groups in total. The van der Waals surface area contributed by atoms with E-state index in [-0.39, 0.29) is 11.8 Å². The van der Waals surface area contributed by atoms with Gasteiger partial charge in [0, 0.05) is 18.7 Å². The van der Waals surface area contributed by atoms with E-state index in [0.29, 0.717) is 33.2 Å². The minimum atomic E-state index is -1.53. The highest BCUT2D eigenvalue weighted by atomic mass is 32.2. The molecular formula is C27H26N2O3S. The minimum absolute atomic E-state index is 0.0398. The smallest absolute Gasteiger partial charge is 0.259 e. The quantitative estimate of drug-likeness (QED) is 0.563. The molecule has 0 aromatic heterocycles. The highest BCUT2D eigenvalue weighted by Gasteiger charge is 2.32. The monoisotopic (exact) mass is 458 g/mol. The number of aryl methyl sites for hydroxylation is 2. The molecule has 3 aromatic carbocycles. The fourth-order valence-electron chi connectivity index (χ4n) is 4.60. The summed E-state index contributed by atoms with van der Waals surface area (Å²) in [6.45, 7) is 5.89. The number of nitrogens with zero attached hydrogens (tertiary/aromatic N) is 2. The van der Waals surface area contributed by atoms with Crippen LogP contribution in [0.5, 0.6) is 0 Å². The molecule has 2 aliphatic rings. The Labute approximate surface area is 196 Å². The average molecular weight is 459 g/mol. The van der Waals surface area contributed by atoms with Crippen molar-refractivity contribution in [3.8, 4) is 0 Å². The lowest BCUT2D eigenvalue weighted by molar-refractivity contribution is 0.0792. The summed E-state index contributed by atoms with van der Waals surface area (Å²) < 4.78 is 13.6. The summed E-state index contributed by atoms with van der Waals surface area (Å²) >= 11 is 0. The number of benzene rings is 3. The molecule has 6 heteroatoms. The van der Waals surface area contributed by atoms with Gasteiger partial charge in [-0.25, -0.2) is 4.21 Å². The molecule has 1 saturated heterocycles. The molecule has 0 saturated carbocycles. The first-order valence-electron chi connectivity index (χ1n) is 11.3. The molecule has 0 unspecified atom stereocenters. The maximum Gasteiger partial charge on any atom is 0.259 e. The molecule has 168 valence electrons. The number of fused-ring (bicyclic) bond motifs is 2. The summed E-state index contributed by atoms with van der Waals surface area (Å²) in [6, 6.07) is 18.5. The highest BCUT2D eigenvalue weighted by molar-refractivity contribution is 7.85. The maximum absolute atomic E-state index is 13.8. The van der Waals surface area contributed by atoms with Crippen molar-refractivity contribution in [1.82, 2.24) is 4.90 Å². The third-order valence-electron chi connectivity index (χ3n) is 6.49. The number of carbonyl (C=O) groups is 2. The van der Waals surface area contributed by atoms with Gasteiger partial charge in [-0.2, -0.15) is 0 Å². The number of hydrogen-bond donors (Lipinski definition) is 0. The number of carbonyl (C=O) groups excluding carboxylic acids is 2. The van der Waals surface area contributed by atoms with Gasteiger partial charge in [-0.05, 0) is 68.1 Å². The second-order valence-electron chi connectivity index (χ2n) is 8.77. The van der Waals surface area contributed by atoms with Crippen LogP contribution in [0.4, 0.5) is 5.69 Å².